The van der Waals surface area contributed by atoms with Gasteiger partial charge in [-0.3, -0.25) is 67.1 Å². The number of rotatable bonds is 30. The van der Waals surface area contributed by atoms with Crippen LogP contribution in [0, 0.1) is 0 Å². The lowest BCUT2D eigenvalue weighted by molar-refractivity contribution is -0.167. The van der Waals surface area contributed by atoms with Crippen molar-refractivity contribution in [3.63, 3.8) is 0 Å². The van der Waals surface area contributed by atoms with E-state index < -0.39 is 159 Å². The molecule has 0 saturated heterocycles. The molecule has 0 radical (unpaired) electrons. The van der Waals surface area contributed by atoms with Gasteiger partial charge in [-0.15, -0.1) is 0 Å². The van der Waals surface area contributed by atoms with E-state index in [1.807, 2.05) is 0 Å². The minimum absolute atomic E-state index is 0.000316. The monoisotopic (exact) mass is 1640 g/mol. The summed E-state index contributed by atoms with van der Waals surface area (Å²) in [4.78, 5) is 220. The van der Waals surface area contributed by atoms with Crippen LogP contribution in [0.5, 0.6) is 46.0 Å². The molecule has 4 aliphatic rings. The fourth-order valence-corrected chi connectivity index (χ4v) is 12.2. The summed E-state index contributed by atoms with van der Waals surface area (Å²) in [6.07, 6.45) is -1.70. The molecule has 4 aliphatic heterocycles. The maximum absolute atomic E-state index is 13.9. The van der Waals surface area contributed by atoms with Gasteiger partial charge in [0.25, 0.3) is 0 Å². The quantitative estimate of drug-likeness (QED) is 0.0182. The molecular weight excluding hydrogens is 1570 g/mol. The SMILES string of the molecule is CC(=O)OCOC(=O)CCc1cc2c(cc1OC(C)=O)Oc1cc(OC(C)=O)c(CCC(=O)OCOC(C)=O)cc1C21OC(=O)c2cc(C(=O)OCOC(C)=O)ccc21.CC(=O)OCOC(=O)CCc1cc2c(cc1OC(C)=O)Oc1cc(OC(C)=O)c(CCC(=O)OCOC(C)=O)cc1C21OC(=O)c2ccc(C(=O)OCOC(C)=O)cc21. The first-order valence-electron chi connectivity index (χ1n) is 35.3. The first kappa shape index (κ1) is 87.3. The second kappa shape index (κ2) is 38.5. The molecule has 0 bridgehead atoms. The van der Waals surface area contributed by atoms with Crippen molar-refractivity contribution in [2.75, 3.05) is 40.8 Å². The summed E-state index contributed by atoms with van der Waals surface area (Å²) in [6, 6.07) is 19.2. The molecule has 10 rings (SSSR count). The largest absolute Gasteiger partial charge is 0.456 e. The zero-order chi connectivity index (χ0) is 86.0. The number of esters is 18. The highest BCUT2D eigenvalue weighted by Crippen LogP contribution is 2.61. The van der Waals surface area contributed by atoms with Crippen molar-refractivity contribution in [1.82, 2.24) is 0 Å². The molecule has 0 atom stereocenters. The van der Waals surface area contributed by atoms with Crippen LogP contribution in [-0.2, 0) is 170 Å². The van der Waals surface area contributed by atoms with Crippen molar-refractivity contribution in [2.45, 2.75) is 132 Å². The third-order valence-corrected chi connectivity index (χ3v) is 17.0. The molecular formula is C80H72O38. The van der Waals surface area contributed by atoms with Gasteiger partial charge in [0.05, 0.1) is 22.3 Å². The lowest BCUT2D eigenvalue weighted by Gasteiger charge is -2.37. The summed E-state index contributed by atoms with van der Waals surface area (Å²) in [5, 5.41) is 0. The fourth-order valence-electron chi connectivity index (χ4n) is 12.2. The highest BCUT2D eigenvalue weighted by atomic mass is 16.7. The maximum atomic E-state index is 13.9. The number of aryl methyl sites for hydroxylation is 4. The number of fused-ring (bicyclic) bond motifs is 12. The van der Waals surface area contributed by atoms with Gasteiger partial charge in [-0.25, -0.2) is 19.2 Å². The summed E-state index contributed by atoms with van der Waals surface area (Å²) in [7, 11) is 0. The smallest absolute Gasteiger partial charge is 0.341 e. The third-order valence-electron chi connectivity index (χ3n) is 17.0. The molecule has 620 valence electrons. The van der Waals surface area contributed by atoms with Crippen LogP contribution in [-0.4, -0.2) is 148 Å². The second-order valence-corrected chi connectivity index (χ2v) is 25.5. The van der Waals surface area contributed by atoms with E-state index in [0.29, 0.717) is 0 Å². The molecule has 2 spiro atoms. The lowest BCUT2D eigenvalue weighted by atomic mass is 9.76. The standard InChI is InChI=1S/2C40H36O19/c1-20(41)50-17-53-36(46)10-7-25-13-30-34(15-32(25)56-23(4)44)58-35-16-33(57-24(5)45)26(8-11-37(47)54-18-51-21(2)42)14-31(35)40(30)29-9-6-27(12-28(29)39(49)59-40)38(48)55-19-52-22(3)43;1-20(41)50-17-53-36(46)10-7-25-12-30-34(15-32(25)56-23(4)44)58-35-16-33(57-24(5)45)26(8-11-37(47)54-18-51-21(2)42)13-31(35)40(30)29-14-27(6-9-28(29)39(49)59-40)38(48)55-19-52-22(3)43/h2*6,9,12-16H,7-8,10-11,17-19H2,1-5H3. The summed E-state index contributed by atoms with van der Waals surface area (Å²) >= 11 is 0. The molecule has 6 aromatic rings. The van der Waals surface area contributed by atoms with Crippen LogP contribution in [0.2, 0.25) is 0 Å². The van der Waals surface area contributed by atoms with E-state index in [1.54, 1.807) is 0 Å². The maximum Gasteiger partial charge on any atom is 0.341 e. The van der Waals surface area contributed by atoms with Gasteiger partial charge in [-0.05, 0) is 103 Å². The van der Waals surface area contributed by atoms with Gasteiger partial charge in [0, 0.05) is 153 Å². The molecule has 4 heterocycles. The van der Waals surface area contributed by atoms with E-state index in [1.165, 1.54) is 84.9 Å². The Labute approximate surface area is 667 Å². The molecule has 6 aromatic carbocycles. The highest BCUT2D eigenvalue weighted by molar-refractivity contribution is 6.02. The highest BCUT2D eigenvalue weighted by Gasteiger charge is 2.57. The predicted octanol–water partition coefficient (Wildman–Crippen LogP) is 7.55. The lowest BCUT2D eigenvalue weighted by Crippen LogP contribution is -2.34. The van der Waals surface area contributed by atoms with Gasteiger partial charge >= 0.3 is 107 Å². The molecule has 0 aliphatic carbocycles. The Kier molecular flexibility index (Phi) is 28.5. The first-order chi connectivity index (χ1) is 56.0. The predicted molar refractivity (Wildman–Crippen MR) is 383 cm³/mol. The fraction of sp³-hybridized carbons (Fsp3) is 0.325. The second-order valence-electron chi connectivity index (χ2n) is 25.5. The van der Waals surface area contributed by atoms with Crippen molar-refractivity contribution in [3.8, 4) is 46.0 Å². The van der Waals surface area contributed by atoms with Crippen molar-refractivity contribution in [1.29, 1.82) is 0 Å². The van der Waals surface area contributed by atoms with E-state index in [2.05, 4.69) is 23.7 Å². The Morgan fingerprint density at radius 1 is 0.271 bits per heavy atom. The van der Waals surface area contributed by atoms with Crippen molar-refractivity contribution >= 4 is 107 Å². The van der Waals surface area contributed by atoms with E-state index in [4.69, 9.17) is 71.1 Å². The number of hydrogen-bond donors (Lipinski definition) is 0. The zero-order valence-electron chi connectivity index (χ0n) is 64.5. The number of ether oxygens (including phenoxy) is 20. The Hall–Kier alpha value is -14.6. The number of hydrogen-bond acceptors (Lipinski definition) is 38. The summed E-state index contributed by atoms with van der Waals surface area (Å²) < 4.78 is 105. The van der Waals surface area contributed by atoms with Crippen LogP contribution in [0.3, 0.4) is 0 Å². The number of benzene rings is 6. The molecule has 0 amide bonds. The van der Waals surface area contributed by atoms with Gasteiger partial charge in [0.2, 0.25) is 40.8 Å². The van der Waals surface area contributed by atoms with Crippen molar-refractivity contribution in [2.24, 2.45) is 0 Å². The summed E-state index contributed by atoms with van der Waals surface area (Å²) in [5.74, 6) is -14.0. The summed E-state index contributed by atoms with van der Waals surface area (Å²) in [6.45, 7) is 7.44. The summed E-state index contributed by atoms with van der Waals surface area (Å²) in [5.41, 5.74) is -2.40. The third kappa shape index (κ3) is 21.6. The average molecular weight is 1640 g/mol. The average Bonchev–Trinajstić information content (AvgIpc) is 1.49. The van der Waals surface area contributed by atoms with Gasteiger partial charge in [0.15, 0.2) is 11.2 Å². The Morgan fingerprint density at radius 2 is 0.534 bits per heavy atom. The molecule has 38 nitrogen and oxygen atoms in total. The number of carbonyl (C=O) groups excluding carboxylic acids is 18. The van der Waals surface area contributed by atoms with Crippen LogP contribution in [0.25, 0.3) is 0 Å². The van der Waals surface area contributed by atoms with Crippen LogP contribution < -0.4 is 28.4 Å². The van der Waals surface area contributed by atoms with E-state index in [9.17, 15) is 86.3 Å². The van der Waals surface area contributed by atoms with Crippen LogP contribution in [0.15, 0.2) is 84.9 Å². The molecule has 0 unspecified atom stereocenters. The van der Waals surface area contributed by atoms with Gasteiger partial charge in [-0.1, -0.05) is 6.07 Å². The molecule has 0 N–H and O–H groups in total. The van der Waals surface area contributed by atoms with Crippen LogP contribution >= 0.6 is 0 Å². The Bertz CT molecular complexity index is 4920. The molecule has 0 saturated carbocycles. The minimum atomic E-state index is -1.99. The van der Waals surface area contributed by atoms with Gasteiger partial charge < -0.3 is 94.7 Å². The number of carbonyl (C=O) groups is 18. The normalized spacial score (nSPS) is 12.6. The first-order valence-corrected chi connectivity index (χ1v) is 35.3. The zero-order valence-corrected chi connectivity index (χ0v) is 64.5. The van der Waals surface area contributed by atoms with Gasteiger partial charge in [0.1, 0.15) is 46.0 Å². The van der Waals surface area contributed by atoms with Crippen molar-refractivity contribution < 1.29 is 181 Å². The van der Waals surface area contributed by atoms with Crippen LogP contribution in [0.1, 0.15) is 192 Å². The van der Waals surface area contributed by atoms with Crippen LogP contribution in [0.4, 0.5) is 0 Å². The Balaban J connectivity index is 0.000000269. The Morgan fingerprint density at radius 3 is 0.822 bits per heavy atom. The van der Waals surface area contributed by atoms with Crippen molar-refractivity contribution in [3.05, 3.63) is 163 Å². The minimum Gasteiger partial charge on any atom is -0.456 e. The van der Waals surface area contributed by atoms with E-state index >= 15 is 0 Å². The van der Waals surface area contributed by atoms with E-state index in [0.717, 1.165) is 69.2 Å². The molecule has 38 heteroatoms. The topological polar surface area (TPSA) is 492 Å². The molecule has 0 fully saturated rings. The molecule has 0 aromatic heterocycles. The molecule has 118 heavy (non-hydrogen) atoms. The van der Waals surface area contributed by atoms with Gasteiger partial charge in [-0.2, -0.15) is 0 Å². The van der Waals surface area contributed by atoms with E-state index in [-0.39, 0.29) is 175 Å².